The molecular formula is C57H78N2O10S. The molecule has 12 nitrogen and oxygen atoms in total. The van der Waals surface area contributed by atoms with Crippen LogP contribution in [-0.4, -0.2) is 84.8 Å². The average Bonchev–Trinajstić information content (AvgIpc) is 3.85. The van der Waals surface area contributed by atoms with Crippen LogP contribution < -0.4 is 18.9 Å². The van der Waals surface area contributed by atoms with E-state index in [1.807, 2.05) is 49.4 Å². The molecule has 1 fully saturated rings. The molecule has 6 atom stereocenters. The fourth-order valence-corrected chi connectivity index (χ4v) is 11.4. The van der Waals surface area contributed by atoms with Crippen LogP contribution in [0.5, 0.6) is 28.7 Å². The summed E-state index contributed by atoms with van der Waals surface area (Å²) in [4.78, 5) is 24.0. The van der Waals surface area contributed by atoms with Gasteiger partial charge in [0, 0.05) is 42.6 Å². The number of carbonyl (C=O) groups excluding carboxylic acids is 1. The molecule has 3 aromatic carbocycles. The van der Waals surface area contributed by atoms with E-state index in [0.29, 0.717) is 42.4 Å². The molecule has 2 N–H and O–H groups in total. The summed E-state index contributed by atoms with van der Waals surface area (Å²) in [5, 5.41) is 24.9. The van der Waals surface area contributed by atoms with Crippen LogP contribution in [0.25, 0.3) is 0 Å². The van der Waals surface area contributed by atoms with Crippen molar-refractivity contribution in [3.63, 3.8) is 0 Å². The fraction of sp³-hybridized carbons (Fsp3) is 0.579. The number of hydrogen-bond donors (Lipinski definition) is 2. The van der Waals surface area contributed by atoms with E-state index in [1.165, 1.54) is 44.9 Å². The Kier molecular flexibility index (Phi) is 20.7. The summed E-state index contributed by atoms with van der Waals surface area (Å²) in [6.07, 6.45) is 22.3. The van der Waals surface area contributed by atoms with E-state index in [4.69, 9.17) is 38.4 Å². The number of amides is 1. The maximum Gasteiger partial charge on any atom is 0.410 e. The molecular weight excluding hydrogens is 905 g/mol. The third-order valence-electron chi connectivity index (χ3n) is 14.4. The summed E-state index contributed by atoms with van der Waals surface area (Å²) in [6, 6.07) is 19.1. The van der Waals surface area contributed by atoms with Crippen molar-refractivity contribution in [1.82, 2.24) is 4.90 Å². The van der Waals surface area contributed by atoms with Gasteiger partial charge in [0.1, 0.15) is 29.9 Å². The van der Waals surface area contributed by atoms with Crippen molar-refractivity contribution in [3.8, 4) is 28.7 Å². The number of thioether (sulfide) groups is 1. The van der Waals surface area contributed by atoms with Gasteiger partial charge in [-0.1, -0.05) is 101 Å². The first kappa shape index (κ1) is 53.1. The maximum atomic E-state index is 15.1. The van der Waals surface area contributed by atoms with Gasteiger partial charge in [0.15, 0.2) is 11.5 Å². The minimum atomic E-state index is -1.45. The highest BCUT2D eigenvalue weighted by molar-refractivity contribution is 7.98. The number of aliphatic hydroxyl groups excluding tert-OH is 2. The Labute approximate surface area is 421 Å². The van der Waals surface area contributed by atoms with Crippen LogP contribution in [0.15, 0.2) is 95.0 Å². The third kappa shape index (κ3) is 13.2. The second-order valence-electron chi connectivity index (χ2n) is 19.1. The molecule has 1 amide bonds. The van der Waals surface area contributed by atoms with Gasteiger partial charge in [-0.15, -0.1) is 18.3 Å². The molecule has 7 rings (SSSR count). The summed E-state index contributed by atoms with van der Waals surface area (Å²) in [5.41, 5.74) is 3.51. The van der Waals surface area contributed by atoms with Crippen LogP contribution in [0.2, 0.25) is 0 Å². The number of aliphatic hydroxyl groups is 2. The number of fused-ring (bicyclic) bond motifs is 3. The average molecular weight is 983 g/mol. The molecule has 3 aromatic rings. The zero-order valence-electron chi connectivity index (χ0n) is 42.0. The zero-order valence-corrected chi connectivity index (χ0v) is 42.8. The van der Waals surface area contributed by atoms with Crippen molar-refractivity contribution in [2.45, 2.75) is 152 Å². The first-order chi connectivity index (χ1) is 34.4. The van der Waals surface area contributed by atoms with Gasteiger partial charge in [-0.3, -0.25) is 4.90 Å². The lowest BCUT2D eigenvalue weighted by atomic mass is 9.55. The van der Waals surface area contributed by atoms with E-state index in [0.717, 1.165) is 78.0 Å². The molecule has 1 saturated carbocycles. The van der Waals surface area contributed by atoms with Crippen molar-refractivity contribution in [3.05, 3.63) is 96.1 Å². The van der Waals surface area contributed by atoms with E-state index in [2.05, 4.69) is 44.0 Å². The number of allylic oxidation sites excluding steroid dienone is 1. The van der Waals surface area contributed by atoms with Gasteiger partial charge in [0.25, 0.3) is 0 Å². The lowest BCUT2D eigenvalue weighted by Gasteiger charge is -2.59. The van der Waals surface area contributed by atoms with Crippen LogP contribution in [-0.2, 0) is 20.9 Å². The number of ether oxygens (including phenoxy) is 6. The lowest BCUT2D eigenvalue weighted by molar-refractivity contribution is -0.256. The number of unbranched alkanes of at least 4 members (excludes halogenated alkanes) is 11. The first-order valence-corrected chi connectivity index (χ1v) is 27.4. The van der Waals surface area contributed by atoms with E-state index in [-0.39, 0.29) is 63.9 Å². The summed E-state index contributed by atoms with van der Waals surface area (Å²) in [6.45, 7) is 9.56. The highest BCUT2D eigenvalue weighted by atomic mass is 32.2. The molecule has 70 heavy (non-hydrogen) atoms. The molecule has 2 heterocycles. The van der Waals surface area contributed by atoms with Gasteiger partial charge < -0.3 is 43.5 Å². The van der Waals surface area contributed by atoms with E-state index < -0.39 is 23.8 Å². The molecule has 0 spiro atoms. The number of carbonyl (C=O) groups is 1. The summed E-state index contributed by atoms with van der Waals surface area (Å²) < 4.78 is 39.1. The molecule has 4 aliphatic rings. The molecule has 2 aliphatic carbocycles. The molecule has 0 radical (unpaired) electrons. The molecule has 2 aliphatic heterocycles. The number of nitrogens with zero attached hydrogens (tertiary/aromatic N) is 2. The Hall–Kier alpha value is -4.69. The first-order valence-electron chi connectivity index (χ1n) is 26.2. The Morgan fingerprint density at radius 3 is 2.26 bits per heavy atom. The second kappa shape index (κ2) is 27.2. The van der Waals surface area contributed by atoms with Crippen molar-refractivity contribution in [2.24, 2.45) is 22.9 Å². The van der Waals surface area contributed by atoms with Crippen LogP contribution in [0.1, 0.15) is 140 Å². The molecule has 6 unspecified atom stereocenters. The predicted molar refractivity (Wildman–Crippen MR) is 276 cm³/mol. The Morgan fingerprint density at radius 2 is 1.54 bits per heavy atom. The summed E-state index contributed by atoms with van der Waals surface area (Å²) in [5.74, 6) is 1.34. The van der Waals surface area contributed by atoms with Crippen molar-refractivity contribution in [1.29, 1.82) is 0 Å². The van der Waals surface area contributed by atoms with Crippen molar-refractivity contribution < 1.29 is 48.3 Å². The lowest BCUT2D eigenvalue weighted by Crippen LogP contribution is -2.70. The molecule has 0 aromatic heterocycles. The third-order valence-corrected chi connectivity index (χ3v) is 15.1. The highest BCUT2D eigenvalue weighted by Crippen LogP contribution is 2.62. The second-order valence-corrected chi connectivity index (χ2v) is 20.0. The van der Waals surface area contributed by atoms with Gasteiger partial charge >= 0.3 is 6.09 Å². The van der Waals surface area contributed by atoms with Crippen molar-refractivity contribution >= 4 is 23.6 Å². The number of hydrogen-bond acceptors (Lipinski definition) is 12. The number of rotatable bonds is 30. The number of oxime groups is 1. The summed E-state index contributed by atoms with van der Waals surface area (Å²) >= 11 is 1.68. The largest absolute Gasteiger partial charge is 0.459 e. The normalized spacial score (nSPS) is 22.4. The number of benzene rings is 3. The predicted octanol–water partition coefficient (Wildman–Crippen LogP) is 13.1. The highest BCUT2D eigenvalue weighted by Gasteiger charge is 2.65. The van der Waals surface area contributed by atoms with Crippen molar-refractivity contribution in [2.75, 3.05) is 46.1 Å². The van der Waals surface area contributed by atoms with Crippen LogP contribution in [0.4, 0.5) is 4.79 Å². The minimum Gasteiger partial charge on any atom is -0.459 e. The van der Waals surface area contributed by atoms with Gasteiger partial charge in [-0.2, -0.15) is 0 Å². The Bertz CT molecular complexity index is 2180. The van der Waals surface area contributed by atoms with Crippen LogP contribution >= 0.6 is 11.8 Å². The molecule has 0 bridgehead atoms. The Balaban J connectivity index is 1.32. The zero-order chi connectivity index (χ0) is 49.1. The van der Waals surface area contributed by atoms with Gasteiger partial charge in [0.2, 0.25) is 12.6 Å². The molecule has 13 heteroatoms. The van der Waals surface area contributed by atoms with E-state index >= 15 is 4.79 Å². The van der Waals surface area contributed by atoms with Gasteiger partial charge in [-0.05, 0) is 123 Å². The van der Waals surface area contributed by atoms with Gasteiger partial charge in [0.05, 0.1) is 24.8 Å². The van der Waals surface area contributed by atoms with Crippen LogP contribution in [0, 0.1) is 17.8 Å². The summed E-state index contributed by atoms with van der Waals surface area (Å²) in [7, 11) is 0. The Morgan fingerprint density at radius 1 is 0.843 bits per heavy atom. The molecule has 382 valence electrons. The van der Waals surface area contributed by atoms with Gasteiger partial charge in [-0.25, -0.2) is 4.79 Å². The molecule has 0 saturated heterocycles. The maximum absolute atomic E-state index is 15.1. The topological polar surface area (TPSA) is 138 Å². The quantitative estimate of drug-likeness (QED) is 0.0286. The smallest absolute Gasteiger partial charge is 0.410 e. The van der Waals surface area contributed by atoms with Crippen LogP contribution in [0.3, 0.4) is 0 Å². The van der Waals surface area contributed by atoms with E-state index in [1.54, 1.807) is 22.7 Å². The van der Waals surface area contributed by atoms with E-state index in [9.17, 15) is 10.2 Å². The standard InChI is InChI=1S/C57H78N2O10S/c1-5-8-9-10-11-12-13-14-15-20-34-63-56(62)59(39-41-23-29-51-52(35-41)65-40-64-51)53-38-49(58-67-7-3)47-36-42(21-16-18-31-60)46(22-17-19-32-61)54-48-37-44(68-43-24-27-45(70-4)28-25-43)26-30-50(48)69-57(53,55(47)54)66-33-6-2/h6,23-30,35-37,42,46,53-55,60-61H,2,5,7-22,31-34,38-40H2,1,3-4H3. The monoisotopic (exact) mass is 983 g/mol. The fourth-order valence-electron chi connectivity index (χ4n) is 11.0. The SMILES string of the molecule is C=CCOC12Oc3ccc(Oc4ccc(SC)cc4)cc3C3C(CCCCO)C(CCCCO)C=C(C(=NOCC)CC1N(Cc1ccc4c(c1)OCO4)C(=O)OCCCCCCCCCCCC)C32. The minimum absolute atomic E-state index is 0.0576.